The molecule has 0 aliphatic rings. The van der Waals surface area contributed by atoms with Gasteiger partial charge in [0, 0.05) is 8.90 Å². The lowest BCUT2D eigenvalue weighted by atomic mass is 10.3. The molecule has 0 amide bonds. The van der Waals surface area contributed by atoms with Crippen LogP contribution in [0.4, 0.5) is 13.2 Å². The van der Waals surface area contributed by atoms with Crippen LogP contribution in [0.2, 0.25) is 0 Å². The van der Waals surface area contributed by atoms with E-state index in [0.29, 0.717) is 14.6 Å². The van der Waals surface area contributed by atoms with Gasteiger partial charge in [0.05, 0.1) is 5.69 Å². The molecule has 0 fully saturated rings. The number of carbonyl (C=O) groups excluding carboxylic acids is 1. The van der Waals surface area contributed by atoms with Crippen molar-refractivity contribution in [1.82, 2.24) is 4.98 Å². The Morgan fingerprint density at radius 1 is 1.56 bits per heavy atom. The van der Waals surface area contributed by atoms with Gasteiger partial charge in [-0.2, -0.15) is 0 Å². The van der Waals surface area contributed by atoms with Crippen LogP contribution >= 0.6 is 38.5 Å². The molecule has 0 bridgehead atoms. The third-order valence-corrected chi connectivity index (χ3v) is 2.97. The van der Waals surface area contributed by atoms with Crippen molar-refractivity contribution in [2.24, 2.45) is 0 Å². The molecular weight excluding hydrogens is 406 g/mol. The third kappa shape index (κ3) is 3.58. The van der Waals surface area contributed by atoms with Crippen LogP contribution in [0.25, 0.3) is 0 Å². The predicted molar refractivity (Wildman–Crippen MR) is 61.7 cm³/mol. The van der Waals surface area contributed by atoms with E-state index in [1.54, 1.807) is 0 Å². The van der Waals surface area contributed by atoms with E-state index in [2.05, 4.69) is 25.7 Å². The number of hydrogen-bond donors (Lipinski definition) is 0. The zero-order valence-electron chi connectivity index (χ0n) is 7.52. The van der Waals surface area contributed by atoms with Crippen molar-refractivity contribution in [3.8, 4) is 5.75 Å². The number of aromatic nitrogens is 1. The van der Waals surface area contributed by atoms with Crippen LogP contribution < -0.4 is 4.74 Å². The van der Waals surface area contributed by atoms with E-state index in [1.165, 1.54) is 0 Å². The normalized spacial score (nSPS) is 11.3. The molecule has 0 aromatic carbocycles. The number of rotatable bonds is 3. The standard InChI is InChI=1S/C8H4BrF3INO2/c9-2-5-4(13)1-7(6(3-15)14-5)16-8(10,11)12/h1,3H,2H2. The Bertz CT molecular complexity index is 411. The maximum atomic E-state index is 12.0. The summed E-state index contributed by atoms with van der Waals surface area (Å²) in [4.78, 5) is 14.3. The Balaban J connectivity index is 3.18. The minimum absolute atomic E-state index is 0.226. The highest BCUT2D eigenvalue weighted by molar-refractivity contribution is 14.1. The van der Waals surface area contributed by atoms with Crippen LogP contribution in [-0.4, -0.2) is 17.6 Å². The van der Waals surface area contributed by atoms with Crippen LogP contribution in [0.5, 0.6) is 5.75 Å². The number of alkyl halides is 4. The summed E-state index contributed by atoms with van der Waals surface area (Å²) in [7, 11) is 0. The second kappa shape index (κ2) is 5.30. The van der Waals surface area contributed by atoms with Crippen molar-refractivity contribution in [3.63, 3.8) is 0 Å². The molecule has 8 heteroatoms. The predicted octanol–water partition coefficient (Wildman–Crippen LogP) is 3.29. The smallest absolute Gasteiger partial charge is 0.403 e. The third-order valence-electron chi connectivity index (χ3n) is 1.51. The second-order valence-corrected chi connectivity index (χ2v) is 4.32. The number of nitrogens with zero attached hydrogens (tertiary/aromatic N) is 1. The highest BCUT2D eigenvalue weighted by Gasteiger charge is 2.32. The highest BCUT2D eigenvalue weighted by atomic mass is 127. The summed E-state index contributed by atoms with van der Waals surface area (Å²) in [6, 6.07) is 1.13. The van der Waals surface area contributed by atoms with Gasteiger partial charge in [-0.05, 0) is 28.7 Å². The van der Waals surface area contributed by atoms with E-state index in [1.807, 2.05) is 22.6 Å². The highest BCUT2D eigenvalue weighted by Crippen LogP contribution is 2.28. The molecule has 1 heterocycles. The SMILES string of the molecule is O=Cc1nc(CBr)c(I)cc1OC(F)(F)F. The summed E-state index contributed by atoms with van der Waals surface area (Å²) in [6.45, 7) is 0. The van der Waals surface area contributed by atoms with Gasteiger partial charge in [0.2, 0.25) is 0 Å². The Hall–Kier alpha value is -0.380. The number of aldehydes is 1. The van der Waals surface area contributed by atoms with Crippen LogP contribution in [-0.2, 0) is 5.33 Å². The molecule has 1 aromatic heterocycles. The van der Waals surface area contributed by atoms with E-state index < -0.39 is 12.1 Å². The van der Waals surface area contributed by atoms with Crippen LogP contribution in [0.3, 0.4) is 0 Å². The molecule has 0 atom stereocenters. The Kier molecular flexibility index (Phi) is 4.53. The molecule has 0 aliphatic heterocycles. The minimum atomic E-state index is -4.83. The molecule has 0 spiro atoms. The van der Waals surface area contributed by atoms with E-state index in [9.17, 15) is 18.0 Å². The quantitative estimate of drug-likeness (QED) is 0.437. The monoisotopic (exact) mass is 409 g/mol. The Morgan fingerprint density at radius 3 is 2.62 bits per heavy atom. The molecule has 0 aliphatic carbocycles. The fourth-order valence-electron chi connectivity index (χ4n) is 0.911. The average Bonchev–Trinajstić information content (AvgIpc) is 2.16. The minimum Gasteiger partial charge on any atom is -0.403 e. The molecule has 88 valence electrons. The summed E-state index contributed by atoms with van der Waals surface area (Å²) in [6.07, 6.45) is -4.61. The molecule has 16 heavy (non-hydrogen) atoms. The number of carbonyl (C=O) groups is 1. The first kappa shape index (κ1) is 13.7. The van der Waals surface area contributed by atoms with Gasteiger partial charge in [0.15, 0.2) is 12.0 Å². The molecule has 3 nitrogen and oxygen atoms in total. The molecule has 0 unspecified atom stereocenters. The summed E-state index contributed by atoms with van der Waals surface area (Å²) >= 11 is 4.93. The van der Waals surface area contributed by atoms with Crippen molar-refractivity contribution in [2.75, 3.05) is 0 Å². The van der Waals surface area contributed by atoms with Crippen molar-refractivity contribution in [2.45, 2.75) is 11.7 Å². The molecule has 0 N–H and O–H groups in total. The molecular formula is C8H4BrF3INO2. The summed E-state index contributed by atoms with van der Waals surface area (Å²) < 4.78 is 40.2. The largest absolute Gasteiger partial charge is 0.573 e. The molecule has 0 saturated heterocycles. The topological polar surface area (TPSA) is 39.2 Å². The number of halogens is 5. The van der Waals surface area contributed by atoms with Gasteiger partial charge in [-0.25, -0.2) is 4.98 Å². The summed E-state index contributed by atoms with van der Waals surface area (Å²) in [5.41, 5.74) is 0.115. The first-order valence-corrected chi connectivity index (χ1v) is 6.03. The van der Waals surface area contributed by atoms with Gasteiger partial charge < -0.3 is 4.74 Å². The molecule has 1 rings (SSSR count). The zero-order valence-corrected chi connectivity index (χ0v) is 11.3. The summed E-state index contributed by atoms with van der Waals surface area (Å²) in [5, 5.41) is 0.346. The van der Waals surface area contributed by atoms with E-state index >= 15 is 0 Å². The number of ether oxygens (including phenoxy) is 1. The number of pyridine rings is 1. The van der Waals surface area contributed by atoms with E-state index in [-0.39, 0.29) is 12.0 Å². The molecule has 0 radical (unpaired) electrons. The van der Waals surface area contributed by atoms with Crippen molar-refractivity contribution >= 4 is 44.8 Å². The van der Waals surface area contributed by atoms with Crippen LogP contribution in [0.1, 0.15) is 16.2 Å². The average molecular weight is 410 g/mol. The van der Waals surface area contributed by atoms with Crippen molar-refractivity contribution in [1.29, 1.82) is 0 Å². The lowest BCUT2D eigenvalue weighted by molar-refractivity contribution is -0.274. The zero-order chi connectivity index (χ0) is 12.3. The first-order valence-electron chi connectivity index (χ1n) is 3.83. The van der Waals surface area contributed by atoms with Gasteiger partial charge in [0.25, 0.3) is 0 Å². The van der Waals surface area contributed by atoms with Gasteiger partial charge in [0.1, 0.15) is 5.69 Å². The van der Waals surface area contributed by atoms with Crippen LogP contribution in [0.15, 0.2) is 6.07 Å². The van der Waals surface area contributed by atoms with E-state index in [4.69, 9.17) is 0 Å². The molecule has 0 saturated carbocycles. The van der Waals surface area contributed by atoms with Gasteiger partial charge in [-0.15, -0.1) is 13.2 Å². The Morgan fingerprint density at radius 2 is 2.19 bits per heavy atom. The van der Waals surface area contributed by atoms with E-state index in [0.717, 1.165) is 6.07 Å². The summed E-state index contributed by atoms with van der Waals surface area (Å²) in [5.74, 6) is -0.586. The van der Waals surface area contributed by atoms with Gasteiger partial charge in [-0.1, -0.05) is 15.9 Å². The number of hydrogen-bond acceptors (Lipinski definition) is 3. The van der Waals surface area contributed by atoms with Gasteiger partial charge >= 0.3 is 6.36 Å². The fourth-order valence-corrected chi connectivity index (χ4v) is 2.46. The fraction of sp³-hybridized carbons (Fsp3) is 0.250. The maximum Gasteiger partial charge on any atom is 0.573 e. The lowest BCUT2D eigenvalue weighted by Crippen LogP contribution is -2.19. The Labute approximate surface area is 111 Å². The first-order chi connectivity index (χ1) is 7.37. The lowest BCUT2D eigenvalue weighted by Gasteiger charge is -2.11. The van der Waals surface area contributed by atoms with Crippen molar-refractivity contribution < 1.29 is 22.7 Å². The maximum absolute atomic E-state index is 12.0. The van der Waals surface area contributed by atoms with Gasteiger partial charge in [-0.3, -0.25) is 4.79 Å². The van der Waals surface area contributed by atoms with Crippen LogP contribution in [0, 0.1) is 3.57 Å². The molecule has 1 aromatic rings. The second-order valence-electron chi connectivity index (χ2n) is 2.60. The van der Waals surface area contributed by atoms with Crippen molar-refractivity contribution in [3.05, 3.63) is 21.0 Å².